The molecule has 0 radical (unpaired) electrons. The highest BCUT2D eigenvalue weighted by molar-refractivity contribution is 7.91. The SMILES string of the molecule is CNCc1ccc(OC2CS(=O)(=O)CC2O)c([N+](=O)[O-])c1. The lowest BCUT2D eigenvalue weighted by molar-refractivity contribution is -0.386. The van der Waals surface area contributed by atoms with Crippen LogP contribution in [0.1, 0.15) is 5.56 Å². The van der Waals surface area contributed by atoms with Crippen LogP contribution in [0.3, 0.4) is 0 Å². The third-order valence-electron chi connectivity index (χ3n) is 3.15. The molecule has 1 fully saturated rings. The maximum atomic E-state index is 11.4. The van der Waals surface area contributed by atoms with E-state index in [4.69, 9.17) is 4.74 Å². The molecular weight excluding hydrogens is 300 g/mol. The van der Waals surface area contributed by atoms with Crippen LogP contribution in [0.25, 0.3) is 0 Å². The summed E-state index contributed by atoms with van der Waals surface area (Å²) in [5.74, 6) is -0.770. The van der Waals surface area contributed by atoms with Crippen molar-refractivity contribution in [1.82, 2.24) is 5.32 Å². The molecule has 2 N–H and O–H groups in total. The first-order valence-electron chi connectivity index (χ1n) is 6.29. The number of sulfone groups is 1. The average Bonchev–Trinajstić information content (AvgIpc) is 2.64. The fourth-order valence-corrected chi connectivity index (χ4v) is 3.85. The first kappa shape index (κ1) is 15.7. The summed E-state index contributed by atoms with van der Waals surface area (Å²) in [6, 6.07) is 4.43. The van der Waals surface area contributed by atoms with Crippen LogP contribution < -0.4 is 10.1 Å². The Kier molecular flexibility index (Phi) is 4.45. The smallest absolute Gasteiger partial charge is 0.311 e. The zero-order chi connectivity index (χ0) is 15.6. The molecule has 8 nitrogen and oxygen atoms in total. The lowest BCUT2D eigenvalue weighted by atomic mass is 10.2. The van der Waals surface area contributed by atoms with E-state index in [1.807, 2.05) is 0 Å². The van der Waals surface area contributed by atoms with Gasteiger partial charge in [-0.2, -0.15) is 0 Å². The molecule has 1 aromatic rings. The summed E-state index contributed by atoms with van der Waals surface area (Å²) in [6.07, 6.45) is -2.16. The van der Waals surface area contributed by atoms with E-state index in [0.29, 0.717) is 12.1 Å². The van der Waals surface area contributed by atoms with Crippen LogP contribution in [0.2, 0.25) is 0 Å². The first-order valence-corrected chi connectivity index (χ1v) is 8.11. The third kappa shape index (κ3) is 3.69. The second-order valence-corrected chi connectivity index (χ2v) is 7.04. The number of hydrogen-bond acceptors (Lipinski definition) is 7. The number of nitrogens with one attached hydrogen (secondary N) is 1. The number of rotatable bonds is 5. The van der Waals surface area contributed by atoms with Crippen LogP contribution in [0, 0.1) is 10.1 Å². The maximum absolute atomic E-state index is 11.4. The highest BCUT2D eigenvalue weighted by Gasteiger charge is 2.39. The highest BCUT2D eigenvalue weighted by Crippen LogP contribution is 2.30. The van der Waals surface area contributed by atoms with Crippen molar-refractivity contribution >= 4 is 15.5 Å². The van der Waals surface area contributed by atoms with Crippen molar-refractivity contribution in [1.29, 1.82) is 0 Å². The third-order valence-corrected chi connectivity index (χ3v) is 4.84. The van der Waals surface area contributed by atoms with Crippen molar-refractivity contribution in [2.45, 2.75) is 18.8 Å². The highest BCUT2D eigenvalue weighted by atomic mass is 32.2. The Labute approximate surface area is 121 Å². The fourth-order valence-electron chi connectivity index (χ4n) is 2.19. The number of aliphatic hydroxyl groups is 1. The molecule has 0 saturated carbocycles. The first-order chi connectivity index (χ1) is 9.82. The van der Waals surface area contributed by atoms with Crippen LogP contribution in [-0.2, 0) is 16.4 Å². The Hall–Kier alpha value is -1.71. The number of aliphatic hydroxyl groups excluding tert-OH is 1. The number of nitrogens with zero attached hydrogens (tertiary/aromatic N) is 1. The number of nitro groups is 1. The van der Waals surface area contributed by atoms with E-state index in [-0.39, 0.29) is 22.9 Å². The molecule has 2 rings (SSSR count). The summed E-state index contributed by atoms with van der Waals surface area (Å²) in [6.45, 7) is 0.460. The Bertz CT molecular complexity index is 645. The molecule has 0 aliphatic carbocycles. The molecular formula is C12H16N2O6S. The summed E-state index contributed by atoms with van der Waals surface area (Å²) in [4.78, 5) is 10.5. The van der Waals surface area contributed by atoms with E-state index in [0.717, 1.165) is 0 Å². The number of ether oxygens (including phenoxy) is 1. The molecule has 1 heterocycles. The van der Waals surface area contributed by atoms with Crippen molar-refractivity contribution in [3.05, 3.63) is 33.9 Å². The molecule has 21 heavy (non-hydrogen) atoms. The van der Waals surface area contributed by atoms with Crippen LogP contribution in [0.4, 0.5) is 5.69 Å². The molecule has 0 aromatic heterocycles. The van der Waals surface area contributed by atoms with Gasteiger partial charge in [0, 0.05) is 12.6 Å². The monoisotopic (exact) mass is 316 g/mol. The van der Waals surface area contributed by atoms with E-state index < -0.39 is 27.0 Å². The van der Waals surface area contributed by atoms with Gasteiger partial charge in [0.05, 0.1) is 16.4 Å². The molecule has 1 aliphatic heterocycles. The van der Waals surface area contributed by atoms with Crippen LogP contribution in [0.15, 0.2) is 18.2 Å². The molecule has 0 bridgehead atoms. The molecule has 1 saturated heterocycles. The minimum atomic E-state index is -3.37. The molecule has 0 spiro atoms. The fraction of sp³-hybridized carbons (Fsp3) is 0.500. The minimum Gasteiger partial charge on any atom is -0.480 e. The number of nitro benzene ring substituents is 1. The van der Waals surface area contributed by atoms with E-state index in [2.05, 4.69) is 5.32 Å². The van der Waals surface area contributed by atoms with Gasteiger partial charge in [0.1, 0.15) is 12.2 Å². The molecule has 0 amide bonds. The molecule has 2 atom stereocenters. The van der Waals surface area contributed by atoms with Crippen molar-refractivity contribution in [3.63, 3.8) is 0 Å². The zero-order valence-electron chi connectivity index (χ0n) is 11.4. The molecule has 9 heteroatoms. The lowest BCUT2D eigenvalue weighted by Crippen LogP contribution is -2.30. The largest absolute Gasteiger partial charge is 0.480 e. The van der Waals surface area contributed by atoms with Gasteiger partial charge in [0.15, 0.2) is 15.6 Å². The van der Waals surface area contributed by atoms with E-state index in [1.54, 1.807) is 13.1 Å². The molecule has 116 valence electrons. The molecule has 2 unspecified atom stereocenters. The topological polar surface area (TPSA) is 119 Å². The average molecular weight is 316 g/mol. The number of benzene rings is 1. The predicted octanol–water partition coefficient (Wildman–Crippen LogP) is -0.149. The second-order valence-electron chi connectivity index (χ2n) is 4.89. The van der Waals surface area contributed by atoms with Gasteiger partial charge in [-0.3, -0.25) is 10.1 Å². The van der Waals surface area contributed by atoms with Gasteiger partial charge in [-0.15, -0.1) is 0 Å². The zero-order valence-corrected chi connectivity index (χ0v) is 12.2. The lowest BCUT2D eigenvalue weighted by Gasteiger charge is -2.16. The quantitative estimate of drug-likeness (QED) is 0.573. The molecule has 1 aromatic carbocycles. The maximum Gasteiger partial charge on any atom is 0.311 e. The standard InChI is InChI=1S/C12H16N2O6S/c1-13-5-8-2-3-11(9(4-8)14(16)17)20-12-7-21(18,19)6-10(12)15/h2-4,10,12-13,15H,5-7H2,1H3. The van der Waals surface area contributed by atoms with Crippen LogP contribution >= 0.6 is 0 Å². The summed E-state index contributed by atoms with van der Waals surface area (Å²) in [7, 11) is -1.65. The summed E-state index contributed by atoms with van der Waals surface area (Å²) in [5, 5.41) is 23.6. The van der Waals surface area contributed by atoms with Crippen molar-refractivity contribution in [2.24, 2.45) is 0 Å². The van der Waals surface area contributed by atoms with Crippen molar-refractivity contribution in [2.75, 3.05) is 18.6 Å². The minimum absolute atomic E-state index is 0.0407. The van der Waals surface area contributed by atoms with E-state index in [1.165, 1.54) is 12.1 Å². The Balaban J connectivity index is 2.25. The molecule has 1 aliphatic rings. The van der Waals surface area contributed by atoms with Crippen molar-refractivity contribution < 1.29 is 23.2 Å². The normalized spacial score (nSPS) is 23.9. The van der Waals surface area contributed by atoms with Gasteiger partial charge in [-0.25, -0.2) is 8.42 Å². The summed E-state index contributed by atoms with van der Waals surface area (Å²) in [5.41, 5.74) is 0.454. The summed E-state index contributed by atoms with van der Waals surface area (Å²) < 4.78 is 28.2. The predicted molar refractivity (Wildman–Crippen MR) is 74.9 cm³/mol. The summed E-state index contributed by atoms with van der Waals surface area (Å²) >= 11 is 0. The van der Waals surface area contributed by atoms with Gasteiger partial charge in [0.2, 0.25) is 0 Å². The van der Waals surface area contributed by atoms with Crippen LogP contribution in [0.5, 0.6) is 5.75 Å². The Morgan fingerprint density at radius 2 is 2.19 bits per heavy atom. The van der Waals surface area contributed by atoms with Gasteiger partial charge in [0.25, 0.3) is 0 Å². The van der Waals surface area contributed by atoms with Crippen LogP contribution in [-0.4, -0.2) is 49.2 Å². The van der Waals surface area contributed by atoms with E-state index in [9.17, 15) is 23.6 Å². The Morgan fingerprint density at radius 1 is 1.48 bits per heavy atom. The number of hydrogen-bond donors (Lipinski definition) is 2. The van der Waals surface area contributed by atoms with Gasteiger partial charge in [-0.05, 0) is 18.7 Å². The second kappa shape index (κ2) is 5.96. The van der Waals surface area contributed by atoms with Gasteiger partial charge < -0.3 is 15.2 Å². The Morgan fingerprint density at radius 3 is 2.71 bits per heavy atom. The van der Waals surface area contributed by atoms with Gasteiger partial charge >= 0.3 is 5.69 Å². The van der Waals surface area contributed by atoms with Crippen molar-refractivity contribution in [3.8, 4) is 5.75 Å². The van der Waals surface area contributed by atoms with Gasteiger partial charge in [-0.1, -0.05) is 6.07 Å². The van der Waals surface area contributed by atoms with E-state index >= 15 is 0 Å².